The smallest absolute Gasteiger partial charge is 0.331 e. The lowest BCUT2D eigenvalue weighted by molar-refractivity contribution is -0.259. The third-order valence-corrected chi connectivity index (χ3v) is 11.9. The number of methoxy groups -OCH3 is 2. The Bertz CT molecular complexity index is 995. The van der Waals surface area contributed by atoms with Crippen molar-refractivity contribution in [2.24, 2.45) is 0 Å². The molecule has 1 saturated heterocycles. The number of ether oxygens (including phenoxy) is 4. The molecule has 1 aliphatic rings. The molecule has 1 rings (SSSR count). The predicted octanol–water partition coefficient (Wildman–Crippen LogP) is 10.4. The third kappa shape index (κ3) is 23.6. The monoisotopic (exact) mass is 786 g/mol. The Balaban J connectivity index is 2.86. The Kier molecular flexibility index (Phi) is 31.7. The van der Waals surface area contributed by atoms with Gasteiger partial charge in [-0.05, 0) is 51.4 Å². The summed E-state index contributed by atoms with van der Waals surface area (Å²) in [5.74, 6) is -0.207. The number of aliphatic hydroxyl groups is 1. The molecule has 11 heteroatoms. The zero-order valence-corrected chi connectivity index (χ0v) is 35.6. The average Bonchev–Trinajstić information content (AvgIpc) is 3.16. The standard InChI is InChI=1S/C43H80NO9P/c1-7-11-14-16-17-18-19-20-21-22-23-24-25-27-29-31-39(45)44-40-42(50-34-32-37(49-6)30-28-26-15-12-8-2)41(38(36-48-5)52-43(40)46)53-54(47,35-13-9-3)51-33-10-4/h9-10,18-19,37-38,40-43,46H,3-4,7-8,11-17,20-36H2,1-2,5-6H3,(H,44,45)/t37-,38-,40-,41-,42-,43?,54?/m1/s1. The molecule has 0 aromatic heterocycles. The largest absolute Gasteiger partial charge is 0.382 e. The lowest BCUT2D eigenvalue weighted by atomic mass is 9.96. The SMILES string of the molecule is C=CCCP(=O)(OCC=C)O[C@H]1[C@H](OCC[C@@H](CCCCCCC)OC)[C@@H](NC(=O)CCCCCCCCCC=CCCCCCC)C(O)O[C@@H]1COC. The van der Waals surface area contributed by atoms with Gasteiger partial charge in [-0.15, -0.1) is 13.2 Å². The van der Waals surface area contributed by atoms with Crippen molar-refractivity contribution in [3.63, 3.8) is 0 Å². The number of aliphatic hydroxyl groups excluding tert-OH is 1. The van der Waals surface area contributed by atoms with Crippen LogP contribution in [-0.2, 0) is 37.4 Å². The Morgan fingerprint density at radius 3 is 2.04 bits per heavy atom. The van der Waals surface area contributed by atoms with Crippen LogP contribution in [0.2, 0.25) is 0 Å². The fourth-order valence-corrected chi connectivity index (χ4v) is 8.51. The van der Waals surface area contributed by atoms with E-state index in [-0.39, 0.29) is 38.0 Å². The van der Waals surface area contributed by atoms with Crippen molar-refractivity contribution < 1.29 is 42.5 Å². The highest BCUT2D eigenvalue weighted by molar-refractivity contribution is 7.53. The second-order valence-corrected chi connectivity index (χ2v) is 16.8. The molecule has 0 radical (unpaired) electrons. The number of amides is 1. The van der Waals surface area contributed by atoms with Crippen molar-refractivity contribution in [3.8, 4) is 0 Å². The first-order valence-corrected chi connectivity index (χ1v) is 23.1. The summed E-state index contributed by atoms with van der Waals surface area (Å²) >= 11 is 0. The maximum Gasteiger partial charge on any atom is 0.331 e. The molecule has 0 spiro atoms. The lowest BCUT2D eigenvalue weighted by Gasteiger charge is -2.45. The number of allylic oxidation sites excluding steroid dienone is 3. The van der Waals surface area contributed by atoms with Gasteiger partial charge in [0.1, 0.15) is 24.4 Å². The quantitative estimate of drug-likeness (QED) is 0.0360. The highest BCUT2D eigenvalue weighted by atomic mass is 31.2. The van der Waals surface area contributed by atoms with Crippen molar-refractivity contribution in [1.29, 1.82) is 0 Å². The fourth-order valence-electron chi connectivity index (χ4n) is 6.75. The van der Waals surface area contributed by atoms with E-state index in [1.807, 2.05) is 0 Å². The van der Waals surface area contributed by atoms with Gasteiger partial charge in [0.15, 0.2) is 6.29 Å². The normalized spacial score (nSPS) is 21.9. The number of unbranched alkanes of at least 4 members (excludes halogenated alkanes) is 15. The van der Waals surface area contributed by atoms with Crippen LogP contribution in [0, 0.1) is 0 Å². The fraction of sp³-hybridized carbons (Fsp3) is 0.837. The van der Waals surface area contributed by atoms with Gasteiger partial charge in [-0.2, -0.15) is 0 Å². The minimum atomic E-state index is -3.71. The van der Waals surface area contributed by atoms with Gasteiger partial charge in [0.25, 0.3) is 0 Å². The van der Waals surface area contributed by atoms with Crippen LogP contribution in [0.15, 0.2) is 37.5 Å². The summed E-state index contributed by atoms with van der Waals surface area (Å²) in [6.07, 6.45) is 27.2. The van der Waals surface area contributed by atoms with E-state index in [2.05, 4.69) is 44.5 Å². The van der Waals surface area contributed by atoms with Crippen molar-refractivity contribution in [2.75, 3.05) is 40.2 Å². The predicted molar refractivity (Wildman–Crippen MR) is 221 cm³/mol. The van der Waals surface area contributed by atoms with Gasteiger partial charge in [0, 0.05) is 27.2 Å². The molecule has 54 heavy (non-hydrogen) atoms. The second-order valence-electron chi connectivity index (χ2n) is 14.7. The molecule has 1 aliphatic heterocycles. The second kappa shape index (κ2) is 33.7. The zero-order valence-electron chi connectivity index (χ0n) is 34.7. The minimum absolute atomic E-state index is 0.00451. The van der Waals surface area contributed by atoms with E-state index in [1.165, 1.54) is 83.8 Å². The summed E-state index contributed by atoms with van der Waals surface area (Å²) in [6, 6.07) is -0.969. The maximum atomic E-state index is 14.0. The van der Waals surface area contributed by atoms with Crippen LogP contribution in [-0.4, -0.2) is 88.0 Å². The third-order valence-electron chi connectivity index (χ3n) is 9.98. The molecule has 7 atom stereocenters. The number of carbonyl (C=O) groups is 1. The molecule has 0 bridgehead atoms. The van der Waals surface area contributed by atoms with E-state index < -0.39 is 38.2 Å². The summed E-state index contributed by atoms with van der Waals surface area (Å²) in [6.45, 7) is 12.2. The van der Waals surface area contributed by atoms with Crippen molar-refractivity contribution in [2.45, 2.75) is 192 Å². The number of hydrogen-bond acceptors (Lipinski definition) is 9. The van der Waals surface area contributed by atoms with Gasteiger partial charge in [0.2, 0.25) is 5.91 Å². The van der Waals surface area contributed by atoms with Crippen LogP contribution >= 0.6 is 7.60 Å². The van der Waals surface area contributed by atoms with Gasteiger partial charge >= 0.3 is 7.60 Å². The van der Waals surface area contributed by atoms with Gasteiger partial charge in [-0.25, -0.2) is 0 Å². The highest BCUT2D eigenvalue weighted by Gasteiger charge is 2.50. The topological polar surface area (TPSA) is 122 Å². The van der Waals surface area contributed by atoms with Crippen LogP contribution in [0.5, 0.6) is 0 Å². The summed E-state index contributed by atoms with van der Waals surface area (Å²) in [5.41, 5.74) is 0. The summed E-state index contributed by atoms with van der Waals surface area (Å²) in [4.78, 5) is 13.3. The Morgan fingerprint density at radius 1 is 0.815 bits per heavy atom. The van der Waals surface area contributed by atoms with Crippen LogP contribution in [0.3, 0.4) is 0 Å². The molecule has 0 aromatic rings. The molecule has 316 valence electrons. The Morgan fingerprint density at radius 2 is 1.43 bits per heavy atom. The zero-order chi connectivity index (χ0) is 39.7. The first kappa shape index (κ1) is 50.7. The highest BCUT2D eigenvalue weighted by Crippen LogP contribution is 2.52. The van der Waals surface area contributed by atoms with E-state index in [0.717, 1.165) is 51.4 Å². The van der Waals surface area contributed by atoms with Gasteiger partial charge < -0.3 is 33.9 Å². The van der Waals surface area contributed by atoms with E-state index in [9.17, 15) is 14.5 Å². The van der Waals surface area contributed by atoms with Crippen molar-refractivity contribution in [1.82, 2.24) is 5.32 Å². The average molecular weight is 786 g/mol. The first-order chi connectivity index (χ1) is 26.3. The molecular formula is C43H80NO9P. The van der Waals surface area contributed by atoms with E-state index in [1.54, 1.807) is 13.2 Å². The number of nitrogens with one attached hydrogen (secondary N) is 1. The van der Waals surface area contributed by atoms with Gasteiger partial charge in [-0.1, -0.05) is 122 Å². The molecule has 2 unspecified atom stereocenters. The van der Waals surface area contributed by atoms with Crippen molar-refractivity contribution in [3.05, 3.63) is 37.5 Å². The summed E-state index contributed by atoms with van der Waals surface area (Å²) < 4.78 is 49.7. The molecular weight excluding hydrogens is 705 g/mol. The maximum absolute atomic E-state index is 14.0. The number of hydrogen-bond donors (Lipinski definition) is 2. The van der Waals surface area contributed by atoms with E-state index in [4.69, 9.17) is 28.0 Å². The number of rotatable bonds is 37. The molecule has 1 heterocycles. The van der Waals surface area contributed by atoms with Crippen LogP contribution in [0.1, 0.15) is 155 Å². The minimum Gasteiger partial charge on any atom is -0.382 e. The van der Waals surface area contributed by atoms with E-state index in [0.29, 0.717) is 19.3 Å². The Labute approximate surface area is 330 Å². The van der Waals surface area contributed by atoms with Crippen LogP contribution < -0.4 is 5.32 Å². The van der Waals surface area contributed by atoms with Gasteiger partial charge in [-0.3, -0.25) is 13.9 Å². The molecule has 0 aromatic carbocycles. The summed E-state index contributed by atoms with van der Waals surface area (Å²) in [5, 5.41) is 14.2. The number of carbonyl (C=O) groups excluding carboxylic acids is 1. The van der Waals surface area contributed by atoms with Gasteiger partial charge in [0.05, 0.1) is 25.5 Å². The molecule has 10 nitrogen and oxygen atoms in total. The molecule has 2 N–H and O–H groups in total. The van der Waals surface area contributed by atoms with Crippen molar-refractivity contribution >= 4 is 13.5 Å². The van der Waals surface area contributed by atoms with Crippen LogP contribution in [0.4, 0.5) is 0 Å². The van der Waals surface area contributed by atoms with E-state index >= 15 is 0 Å². The molecule has 0 aliphatic carbocycles. The first-order valence-electron chi connectivity index (χ1n) is 21.3. The summed E-state index contributed by atoms with van der Waals surface area (Å²) in [7, 11) is -0.484. The Hall–Kier alpha value is -1.36. The lowest BCUT2D eigenvalue weighted by Crippen LogP contribution is -2.65. The molecule has 1 amide bonds. The molecule has 0 saturated carbocycles. The molecule has 1 fully saturated rings. The van der Waals surface area contributed by atoms with Crippen LogP contribution in [0.25, 0.3) is 0 Å².